The molecule has 2 atom stereocenters. The van der Waals surface area contributed by atoms with Crippen LogP contribution in [0.25, 0.3) is 0 Å². The fourth-order valence-electron chi connectivity index (χ4n) is 1.03. The summed E-state index contributed by atoms with van der Waals surface area (Å²) in [6.45, 7) is 0.578. The Balaban J connectivity index is 3.76. The van der Waals surface area contributed by atoms with Gasteiger partial charge in [-0.3, -0.25) is 8.96 Å². The van der Waals surface area contributed by atoms with Gasteiger partial charge in [-0.15, -0.1) is 0 Å². The van der Waals surface area contributed by atoms with Crippen molar-refractivity contribution in [3.05, 3.63) is 0 Å². The monoisotopic (exact) mass is 256 g/mol. The summed E-state index contributed by atoms with van der Waals surface area (Å²) in [5.74, 6) is 0. The van der Waals surface area contributed by atoms with E-state index in [0.29, 0.717) is 19.4 Å². The van der Waals surface area contributed by atoms with Crippen molar-refractivity contribution in [1.82, 2.24) is 0 Å². The summed E-state index contributed by atoms with van der Waals surface area (Å²) in [5, 5.41) is 16.6. The van der Waals surface area contributed by atoms with Crippen LogP contribution >= 0.6 is 7.82 Å². The van der Waals surface area contributed by atoms with Crippen molar-refractivity contribution in [1.29, 1.82) is 0 Å². The summed E-state index contributed by atoms with van der Waals surface area (Å²) in [6.07, 6.45) is 1.74. The van der Waals surface area contributed by atoms with Gasteiger partial charge in [-0.25, -0.2) is 4.57 Å². The molecule has 0 bridgehead atoms. The molecule has 2 unspecified atom stereocenters. The van der Waals surface area contributed by atoms with Crippen molar-refractivity contribution < 1.29 is 28.5 Å². The van der Waals surface area contributed by atoms with Crippen LogP contribution in [0.2, 0.25) is 0 Å². The minimum Gasteiger partial charge on any atom is -0.401 e. The fourth-order valence-corrected chi connectivity index (χ4v) is 1.77. The van der Waals surface area contributed by atoms with Gasteiger partial charge in [-0.2, -0.15) is 0 Å². The maximum atomic E-state index is 11.0. The molecule has 0 aliphatic carbocycles. The zero-order chi connectivity index (χ0) is 12.6. The Morgan fingerprint density at radius 1 is 1.31 bits per heavy atom. The highest BCUT2D eigenvalue weighted by atomic mass is 31.2. The van der Waals surface area contributed by atoms with Crippen LogP contribution in [0.3, 0.4) is 0 Å². The molecular formula is C6H18BN2O6P. The van der Waals surface area contributed by atoms with Gasteiger partial charge in [0.05, 0.1) is 0 Å². The maximum absolute atomic E-state index is 11.0. The van der Waals surface area contributed by atoms with E-state index in [0.717, 1.165) is 12.8 Å². The molecular weight excluding hydrogens is 238 g/mol. The lowest BCUT2D eigenvalue weighted by Gasteiger charge is -2.16. The van der Waals surface area contributed by atoms with Crippen LogP contribution in [0.5, 0.6) is 0 Å². The summed E-state index contributed by atoms with van der Waals surface area (Å²) < 4.78 is 19.3. The fraction of sp³-hybridized carbons (Fsp3) is 1.00. The average Bonchev–Trinajstić information content (AvgIpc) is 2.09. The molecule has 0 heterocycles. The molecule has 0 saturated heterocycles. The van der Waals surface area contributed by atoms with Gasteiger partial charge in [-0.05, 0) is 25.8 Å². The molecule has 16 heavy (non-hydrogen) atoms. The molecule has 0 saturated carbocycles. The van der Waals surface area contributed by atoms with E-state index in [-0.39, 0.29) is 0 Å². The van der Waals surface area contributed by atoms with Gasteiger partial charge < -0.3 is 26.4 Å². The number of unbranched alkanes of at least 4 members (excludes halogenated alkanes) is 2. The molecule has 0 radical (unpaired) electrons. The molecule has 8 nitrogen and oxygen atoms in total. The summed E-state index contributed by atoms with van der Waals surface area (Å²) in [6, 6.07) is 0. The third-order valence-corrected chi connectivity index (χ3v) is 2.68. The van der Waals surface area contributed by atoms with Crippen LogP contribution in [0.1, 0.15) is 25.7 Å². The van der Waals surface area contributed by atoms with Crippen LogP contribution in [-0.4, -0.2) is 35.0 Å². The van der Waals surface area contributed by atoms with Gasteiger partial charge in [0.15, 0.2) is 0 Å². The minimum atomic E-state index is -4.51. The second-order valence-corrected chi connectivity index (χ2v) is 4.54. The predicted octanol–water partition coefficient (Wildman–Crippen LogP) is -1.11. The molecule has 0 aromatic carbocycles. The molecule has 10 heteroatoms. The molecule has 0 aliphatic heterocycles. The van der Waals surface area contributed by atoms with E-state index in [1.807, 2.05) is 0 Å². The van der Waals surface area contributed by atoms with Gasteiger partial charge in [0.1, 0.15) is 6.23 Å². The van der Waals surface area contributed by atoms with E-state index in [1.54, 1.807) is 0 Å². The third-order valence-electron chi connectivity index (χ3n) is 1.69. The second kappa shape index (κ2) is 8.16. The first-order valence-electron chi connectivity index (χ1n) is 4.89. The SMILES string of the molecule is NCCCCCC(N)OP(=O)(O)OB(O)O. The van der Waals surface area contributed by atoms with Crippen LogP contribution in [0.15, 0.2) is 0 Å². The molecule has 0 aromatic rings. The van der Waals surface area contributed by atoms with E-state index in [9.17, 15) is 4.57 Å². The minimum absolute atomic E-state index is 0.357. The van der Waals surface area contributed by atoms with E-state index >= 15 is 0 Å². The van der Waals surface area contributed by atoms with Crippen molar-refractivity contribution >= 4 is 15.1 Å². The Bertz CT molecular complexity index is 231. The molecule has 96 valence electrons. The van der Waals surface area contributed by atoms with Crippen LogP contribution in [-0.2, 0) is 13.5 Å². The molecule has 0 aliphatic rings. The van der Waals surface area contributed by atoms with Crippen molar-refractivity contribution in [3.63, 3.8) is 0 Å². The normalized spacial score (nSPS) is 16.8. The van der Waals surface area contributed by atoms with E-state index in [2.05, 4.69) is 8.96 Å². The first-order valence-corrected chi connectivity index (χ1v) is 6.38. The number of nitrogens with two attached hydrogens (primary N) is 2. The van der Waals surface area contributed by atoms with Gasteiger partial charge >= 0.3 is 15.1 Å². The lowest BCUT2D eigenvalue weighted by molar-refractivity contribution is 0.119. The van der Waals surface area contributed by atoms with Gasteiger partial charge in [0.2, 0.25) is 0 Å². The second-order valence-electron chi connectivity index (χ2n) is 3.18. The van der Waals surface area contributed by atoms with Crippen molar-refractivity contribution in [2.45, 2.75) is 31.9 Å². The van der Waals surface area contributed by atoms with Crippen molar-refractivity contribution in [2.24, 2.45) is 11.5 Å². The molecule has 0 rings (SSSR count). The van der Waals surface area contributed by atoms with Gasteiger partial charge in [0, 0.05) is 0 Å². The van der Waals surface area contributed by atoms with Crippen LogP contribution in [0.4, 0.5) is 0 Å². The zero-order valence-electron chi connectivity index (χ0n) is 8.86. The average molecular weight is 256 g/mol. The lowest BCUT2D eigenvalue weighted by atomic mass is 10.2. The molecule has 0 amide bonds. The summed E-state index contributed by atoms with van der Waals surface area (Å²) in [5.41, 5.74) is 10.7. The Hall–Kier alpha value is 0.0149. The number of rotatable bonds is 9. The van der Waals surface area contributed by atoms with Crippen molar-refractivity contribution in [3.8, 4) is 0 Å². The highest BCUT2D eigenvalue weighted by Gasteiger charge is 2.30. The zero-order valence-corrected chi connectivity index (χ0v) is 9.75. The van der Waals surface area contributed by atoms with E-state index in [4.69, 9.17) is 26.4 Å². The Labute approximate surface area is 94.3 Å². The smallest absolute Gasteiger partial charge is 0.401 e. The highest BCUT2D eigenvalue weighted by molar-refractivity contribution is 7.48. The third kappa shape index (κ3) is 9.26. The maximum Gasteiger partial charge on any atom is 0.642 e. The Kier molecular flexibility index (Phi) is 8.16. The van der Waals surface area contributed by atoms with Gasteiger partial charge in [-0.1, -0.05) is 6.42 Å². The Morgan fingerprint density at radius 2 is 1.94 bits per heavy atom. The molecule has 0 spiro atoms. The standard InChI is InChI=1S/C6H18BN2O6P/c8-5-3-1-2-4-6(9)14-16(12,13)15-7(10)11/h6,10-11H,1-5,8-9H2,(H,12,13). The van der Waals surface area contributed by atoms with Crippen LogP contribution < -0.4 is 11.5 Å². The van der Waals surface area contributed by atoms with E-state index in [1.165, 1.54) is 0 Å². The van der Waals surface area contributed by atoms with Gasteiger partial charge in [0.25, 0.3) is 0 Å². The van der Waals surface area contributed by atoms with Crippen LogP contribution in [0, 0.1) is 0 Å². The topological polar surface area (TPSA) is 148 Å². The quantitative estimate of drug-likeness (QED) is 0.151. The number of hydrogen-bond donors (Lipinski definition) is 5. The van der Waals surface area contributed by atoms with E-state index < -0.39 is 21.4 Å². The largest absolute Gasteiger partial charge is 0.642 e. The number of hydrogen-bond acceptors (Lipinski definition) is 7. The Morgan fingerprint density at radius 3 is 2.44 bits per heavy atom. The molecule has 0 aromatic heterocycles. The summed E-state index contributed by atoms with van der Waals surface area (Å²) >= 11 is 0. The molecule has 0 fully saturated rings. The first kappa shape index (κ1) is 16.0. The highest BCUT2D eigenvalue weighted by Crippen LogP contribution is 2.44. The number of phosphoric ester groups is 1. The predicted molar refractivity (Wildman–Crippen MR) is 57.7 cm³/mol. The first-order chi connectivity index (χ1) is 7.37. The summed E-state index contributed by atoms with van der Waals surface area (Å²) in [4.78, 5) is 8.95. The lowest BCUT2D eigenvalue weighted by Crippen LogP contribution is -2.25. The summed E-state index contributed by atoms with van der Waals surface area (Å²) in [7, 11) is -6.88. The number of phosphoric acid groups is 1. The molecule has 7 N–H and O–H groups in total. The van der Waals surface area contributed by atoms with Crippen molar-refractivity contribution in [2.75, 3.05) is 6.54 Å².